The summed E-state index contributed by atoms with van der Waals surface area (Å²) in [6.07, 6.45) is 3.22. The lowest BCUT2D eigenvalue weighted by Crippen LogP contribution is -2.15. The first kappa shape index (κ1) is 14.5. The van der Waals surface area contributed by atoms with E-state index in [4.69, 9.17) is 4.74 Å². The van der Waals surface area contributed by atoms with Crippen molar-refractivity contribution in [1.82, 2.24) is 9.97 Å². The van der Waals surface area contributed by atoms with Crippen LogP contribution >= 0.6 is 0 Å². The molecular formula is C15H16N4O2. The number of ether oxygens (including phenoxy) is 1. The molecule has 1 aromatic carbocycles. The smallest absolute Gasteiger partial charge is 0.274 e. The molecule has 0 atom stereocenters. The predicted octanol–water partition coefficient (Wildman–Crippen LogP) is 2.34. The van der Waals surface area contributed by atoms with E-state index in [0.29, 0.717) is 18.2 Å². The molecule has 0 bridgehead atoms. The normalized spacial score (nSPS) is 9.76. The second-order valence-corrected chi connectivity index (χ2v) is 4.12. The van der Waals surface area contributed by atoms with Gasteiger partial charge < -0.3 is 15.4 Å². The quantitative estimate of drug-likeness (QED) is 0.796. The fraction of sp³-hybridized carbons (Fsp3) is 0.133. The van der Waals surface area contributed by atoms with Gasteiger partial charge in [0.1, 0.15) is 11.4 Å². The number of benzene rings is 1. The summed E-state index contributed by atoms with van der Waals surface area (Å²) < 4.78 is 5.06. The number of anilines is 2. The van der Waals surface area contributed by atoms with Crippen LogP contribution in [0.2, 0.25) is 0 Å². The van der Waals surface area contributed by atoms with Gasteiger partial charge in [0.2, 0.25) is 5.95 Å². The fourth-order valence-corrected chi connectivity index (χ4v) is 1.60. The fourth-order valence-electron chi connectivity index (χ4n) is 1.60. The van der Waals surface area contributed by atoms with Crippen LogP contribution in [0.25, 0.3) is 0 Å². The minimum atomic E-state index is -0.302. The van der Waals surface area contributed by atoms with E-state index < -0.39 is 0 Å². The molecule has 1 amide bonds. The second-order valence-electron chi connectivity index (χ2n) is 4.12. The van der Waals surface area contributed by atoms with Gasteiger partial charge >= 0.3 is 0 Å². The van der Waals surface area contributed by atoms with Gasteiger partial charge in [-0.3, -0.25) is 4.79 Å². The second kappa shape index (κ2) is 7.04. The molecule has 0 spiro atoms. The highest BCUT2D eigenvalue weighted by Crippen LogP contribution is 2.15. The molecule has 2 N–H and O–H groups in total. The van der Waals surface area contributed by atoms with Crippen LogP contribution in [0.1, 0.15) is 10.5 Å². The third-order valence-corrected chi connectivity index (χ3v) is 2.64. The summed E-state index contributed by atoms with van der Waals surface area (Å²) in [6.45, 7) is 4.13. The number of hydrogen-bond donors (Lipinski definition) is 2. The SMILES string of the molecule is C=CCNc1nccc(C(=O)Nc2ccc(OC)cc2)n1. The van der Waals surface area contributed by atoms with Crippen molar-refractivity contribution in [2.24, 2.45) is 0 Å². The maximum absolute atomic E-state index is 12.1. The number of carbonyl (C=O) groups excluding carboxylic acids is 1. The third-order valence-electron chi connectivity index (χ3n) is 2.64. The van der Waals surface area contributed by atoms with Gasteiger partial charge in [0.15, 0.2) is 0 Å². The average Bonchev–Trinajstić information content (AvgIpc) is 2.54. The van der Waals surface area contributed by atoms with Gasteiger partial charge in [-0.05, 0) is 30.3 Å². The largest absolute Gasteiger partial charge is 0.497 e. The first-order valence-corrected chi connectivity index (χ1v) is 6.36. The van der Waals surface area contributed by atoms with Gasteiger partial charge in [-0.25, -0.2) is 9.97 Å². The summed E-state index contributed by atoms with van der Waals surface area (Å²) in [6, 6.07) is 8.61. The number of carbonyl (C=O) groups is 1. The number of amides is 1. The van der Waals surface area contributed by atoms with Crippen LogP contribution in [0.5, 0.6) is 5.75 Å². The number of hydrogen-bond acceptors (Lipinski definition) is 5. The molecule has 2 aromatic rings. The Labute approximate surface area is 122 Å². The molecule has 0 radical (unpaired) electrons. The topological polar surface area (TPSA) is 76.1 Å². The molecule has 0 saturated heterocycles. The van der Waals surface area contributed by atoms with Gasteiger partial charge in [0.05, 0.1) is 7.11 Å². The van der Waals surface area contributed by atoms with Crippen LogP contribution in [0.15, 0.2) is 49.2 Å². The van der Waals surface area contributed by atoms with Crippen LogP contribution in [-0.4, -0.2) is 29.5 Å². The molecule has 6 heteroatoms. The lowest BCUT2D eigenvalue weighted by molar-refractivity contribution is 0.102. The summed E-state index contributed by atoms with van der Waals surface area (Å²) in [7, 11) is 1.59. The Balaban J connectivity index is 2.06. The standard InChI is InChI=1S/C15H16N4O2/c1-3-9-16-15-17-10-8-13(19-15)14(20)18-11-4-6-12(21-2)7-5-11/h3-8,10H,1,9H2,2H3,(H,18,20)(H,16,17,19). The molecule has 21 heavy (non-hydrogen) atoms. The summed E-state index contributed by atoms with van der Waals surface area (Å²) in [5.74, 6) is 0.812. The van der Waals surface area contributed by atoms with Gasteiger partial charge in [0.25, 0.3) is 5.91 Å². The van der Waals surface area contributed by atoms with Crippen molar-refractivity contribution in [1.29, 1.82) is 0 Å². The van der Waals surface area contributed by atoms with Gasteiger partial charge in [-0.15, -0.1) is 6.58 Å². The van der Waals surface area contributed by atoms with Gasteiger partial charge in [-0.2, -0.15) is 0 Å². The van der Waals surface area contributed by atoms with Gasteiger partial charge in [0, 0.05) is 18.4 Å². The zero-order valence-electron chi connectivity index (χ0n) is 11.7. The molecule has 0 unspecified atom stereocenters. The Kier molecular flexibility index (Phi) is 4.87. The van der Waals surface area contributed by atoms with E-state index in [1.54, 1.807) is 43.5 Å². The lowest BCUT2D eigenvalue weighted by Gasteiger charge is -2.07. The number of nitrogens with zero attached hydrogens (tertiary/aromatic N) is 2. The van der Waals surface area contributed by atoms with Crippen LogP contribution < -0.4 is 15.4 Å². The molecular weight excluding hydrogens is 268 g/mol. The molecule has 0 aliphatic heterocycles. The van der Waals surface area contributed by atoms with E-state index in [9.17, 15) is 4.79 Å². The van der Waals surface area contributed by atoms with Crippen LogP contribution in [0, 0.1) is 0 Å². The van der Waals surface area contributed by atoms with Crippen molar-refractivity contribution in [2.45, 2.75) is 0 Å². The zero-order valence-corrected chi connectivity index (χ0v) is 11.7. The number of aromatic nitrogens is 2. The zero-order chi connectivity index (χ0) is 15.1. The van der Waals surface area contributed by atoms with E-state index in [1.807, 2.05) is 0 Å². The number of nitrogens with one attached hydrogen (secondary N) is 2. The summed E-state index contributed by atoms with van der Waals surface area (Å²) in [5.41, 5.74) is 0.951. The van der Waals surface area contributed by atoms with Crippen molar-refractivity contribution < 1.29 is 9.53 Å². The lowest BCUT2D eigenvalue weighted by atomic mass is 10.3. The summed E-state index contributed by atoms with van der Waals surface area (Å²) in [5, 5.41) is 5.69. The molecule has 6 nitrogen and oxygen atoms in total. The predicted molar refractivity (Wildman–Crippen MR) is 81.7 cm³/mol. The van der Waals surface area contributed by atoms with Crippen molar-refractivity contribution >= 4 is 17.5 Å². The molecule has 108 valence electrons. The van der Waals surface area contributed by atoms with Crippen LogP contribution in [0.3, 0.4) is 0 Å². The van der Waals surface area contributed by atoms with Crippen molar-refractivity contribution in [3.8, 4) is 5.75 Å². The maximum atomic E-state index is 12.1. The Morgan fingerprint density at radius 2 is 2.10 bits per heavy atom. The Morgan fingerprint density at radius 1 is 1.33 bits per heavy atom. The monoisotopic (exact) mass is 284 g/mol. The molecule has 2 rings (SSSR count). The van der Waals surface area contributed by atoms with Crippen molar-refractivity contribution in [3.05, 3.63) is 54.9 Å². The molecule has 1 aromatic heterocycles. The first-order valence-electron chi connectivity index (χ1n) is 6.36. The Morgan fingerprint density at radius 3 is 2.76 bits per heavy atom. The Bertz CT molecular complexity index is 626. The van der Waals surface area contributed by atoms with Crippen LogP contribution in [-0.2, 0) is 0 Å². The minimum Gasteiger partial charge on any atom is -0.497 e. The van der Waals surface area contributed by atoms with E-state index in [0.717, 1.165) is 5.75 Å². The molecule has 0 aliphatic rings. The van der Waals surface area contributed by atoms with Crippen LogP contribution in [0.4, 0.5) is 11.6 Å². The first-order chi connectivity index (χ1) is 10.2. The third kappa shape index (κ3) is 4.04. The van der Waals surface area contributed by atoms with E-state index in [2.05, 4.69) is 27.2 Å². The molecule has 0 aliphatic carbocycles. The maximum Gasteiger partial charge on any atom is 0.274 e. The number of methoxy groups -OCH3 is 1. The molecule has 0 fully saturated rings. The molecule has 1 heterocycles. The Hall–Kier alpha value is -2.89. The highest BCUT2D eigenvalue weighted by molar-refractivity contribution is 6.02. The minimum absolute atomic E-state index is 0.285. The summed E-state index contributed by atoms with van der Waals surface area (Å²) >= 11 is 0. The van der Waals surface area contributed by atoms with Crippen molar-refractivity contribution in [2.75, 3.05) is 24.3 Å². The van der Waals surface area contributed by atoms with E-state index >= 15 is 0 Å². The van der Waals surface area contributed by atoms with E-state index in [1.165, 1.54) is 6.20 Å². The van der Waals surface area contributed by atoms with E-state index in [-0.39, 0.29) is 11.6 Å². The van der Waals surface area contributed by atoms with Gasteiger partial charge in [-0.1, -0.05) is 6.08 Å². The average molecular weight is 284 g/mol. The highest BCUT2D eigenvalue weighted by Gasteiger charge is 2.09. The molecule has 0 saturated carbocycles. The number of rotatable bonds is 6. The highest BCUT2D eigenvalue weighted by atomic mass is 16.5. The summed E-state index contributed by atoms with van der Waals surface area (Å²) in [4.78, 5) is 20.3. The van der Waals surface area contributed by atoms with Crippen molar-refractivity contribution in [3.63, 3.8) is 0 Å².